The van der Waals surface area contributed by atoms with Crippen LogP contribution in [0.15, 0.2) is 24.5 Å². The molecule has 0 aromatic carbocycles. The zero-order valence-corrected chi connectivity index (χ0v) is 17.1. The minimum Gasteiger partial charge on any atom is -0.352 e. The average molecular weight is 396 g/mol. The second kappa shape index (κ2) is 8.76. The number of amides is 2. The topological polar surface area (TPSA) is 80.1 Å². The van der Waals surface area contributed by atoms with Gasteiger partial charge in [0.05, 0.1) is 5.69 Å². The van der Waals surface area contributed by atoms with Crippen molar-refractivity contribution in [1.29, 1.82) is 0 Å². The van der Waals surface area contributed by atoms with Gasteiger partial charge in [0.25, 0.3) is 5.91 Å². The lowest BCUT2D eigenvalue weighted by Crippen LogP contribution is -2.37. The Bertz CT molecular complexity index is 871. The Morgan fingerprint density at radius 3 is 2.72 bits per heavy atom. The number of carbonyl (C=O) groups excluding carboxylic acids is 2. The Balaban J connectivity index is 1.36. The van der Waals surface area contributed by atoms with Crippen LogP contribution in [-0.2, 0) is 31.2 Å². The fourth-order valence-electron chi connectivity index (χ4n) is 4.57. The molecule has 7 heteroatoms. The van der Waals surface area contributed by atoms with Crippen molar-refractivity contribution < 1.29 is 9.59 Å². The highest BCUT2D eigenvalue weighted by Gasteiger charge is 2.28. The number of rotatable bonds is 6. The molecule has 1 aliphatic heterocycles. The lowest BCUT2D eigenvalue weighted by Gasteiger charge is -2.28. The molecule has 7 nitrogen and oxygen atoms in total. The number of hydrogen-bond acceptors (Lipinski definition) is 4. The molecule has 1 fully saturated rings. The Kier molecular flexibility index (Phi) is 5.92. The van der Waals surface area contributed by atoms with E-state index in [-0.39, 0.29) is 11.8 Å². The van der Waals surface area contributed by atoms with Gasteiger partial charge in [0.15, 0.2) is 0 Å². The predicted octanol–water partition coefficient (Wildman–Crippen LogP) is 2.25. The van der Waals surface area contributed by atoms with Gasteiger partial charge in [-0.2, -0.15) is 5.10 Å². The number of fused-ring (bicyclic) bond motifs is 1. The molecule has 2 aliphatic rings. The van der Waals surface area contributed by atoms with Gasteiger partial charge < -0.3 is 10.2 Å². The van der Waals surface area contributed by atoms with Gasteiger partial charge >= 0.3 is 0 Å². The monoisotopic (exact) mass is 395 g/mol. The largest absolute Gasteiger partial charge is 0.352 e. The Labute approximate surface area is 171 Å². The van der Waals surface area contributed by atoms with Gasteiger partial charge in [-0.15, -0.1) is 0 Å². The number of aryl methyl sites for hydroxylation is 1. The first-order valence-electron chi connectivity index (χ1n) is 10.6. The van der Waals surface area contributed by atoms with E-state index >= 15 is 0 Å². The first-order chi connectivity index (χ1) is 14.1. The molecule has 0 unspecified atom stereocenters. The molecule has 29 heavy (non-hydrogen) atoms. The second-order valence-corrected chi connectivity index (χ2v) is 8.16. The summed E-state index contributed by atoms with van der Waals surface area (Å²) in [5, 5.41) is 7.63. The van der Waals surface area contributed by atoms with Crippen molar-refractivity contribution >= 4 is 11.8 Å². The highest BCUT2D eigenvalue weighted by Crippen LogP contribution is 2.29. The van der Waals surface area contributed by atoms with Crippen LogP contribution in [0, 0.1) is 5.92 Å². The van der Waals surface area contributed by atoms with E-state index in [2.05, 4.69) is 15.4 Å². The van der Waals surface area contributed by atoms with Crippen LogP contribution in [0.3, 0.4) is 0 Å². The third-order valence-electron chi connectivity index (χ3n) is 6.21. The molecule has 1 aliphatic carbocycles. The fraction of sp³-hybridized carbons (Fsp3) is 0.545. The predicted molar refractivity (Wildman–Crippen MR) is 109 cm³/mol. The summed E-state index contributed by atoms with van der Waals surface area (Å²) in [5.74, 6) is 0.745. The Morgan fingerprint density at radius 1 is 1.21 bits per heavy atom. The van der Waals surface area contributed by atoms with Crippen LogP contribution in [-0.4, -0.2) is 44.6 Å². The van der Waals surface area contributed by atoms with Crippen LogP contribution in [0.1, 0.15) is 59.4 Å². The average Bonchev–Trinajstić information content (AvgIpc) is 3.36. The molecule has 2 aromatic rings. The first-order valence-corrected chi connectivity index (χ1v) is 10.6. The molecule has 1 N–H and O–H groups in total. The molecular weight excluding hydrogens is 366 g/mol. The Morgan fingerprint density at radius 2 is 1.97 bits per heavy atom. The van der Waals surface area contributed by atoms with Crippen molar-refractivity contribution in [2.75, 3.05) is 13.1 Å². The summed E-state index contributed by atoms with van der Waals surface area (Å²) in [6.45, 7) is 1.93. The molecule has 0 radical (unpaired) electrons. The van der Waals surface area contributed by atoms with E-state index in [9.17, 15) is 9.59 Å². The maximum atomic E-state index is 12.8. The summed E-state index contributed by atoms with van der Waals surface area (Å²) in [7, 11) is 1.97. The van der Waals surface area contributed by atoms with Crippen LogP contribution < -0.4 is 5.32 Å². The number of aromatic nitrogens is 3. The van der Waals surface area contributed by atoms with Gasteiger partial charge in [0, 0.05) is 75.2 Å². The molecule has 0 spiro atoms. The van der Waals surface area contributed by atoms with Crippen LogP contribution in [0.25, 0.3) is 0 Å². The van der Waals surface area contributed by atoms with Crippen molar-refractivity contribution in [2.45, 2.75) is 51.5 Å². The number of nitrogens with zero attached hydrogens (tertiary/aromatic N) is 4. The molecule has 1 saturated carbocycles. The molecule has 0 atom stereocenters. The lowest BCUT2D eigenvalue weighted by atomic mass is 10.00. The summed E-state index contributed by atoms with van der Waals surface area (Å²) >= 11 is 0. The minimum absolute atomic E-state index is 0.106. The van der Waals surface area contributed by atoms with Crippen molar-refractivity contribution in [2.24, 2.45) is 13.0 Å². The van der Waals surface area contributed by atoms with E-state index in [4.69, 9.17) is 0 Å². The van der Waals surface area contributed by atoms with E-state index in [1.807, 2.05) is 16.6 Å². The SMILES string of the molecule is Cn1nc(CCNC(=O)c2ccncc2)c2c1CCN(C(=O)CC1CCCC1)C2. The summed E-state index contributed by atoms with van der Waals surface area (Å²) < 4.78 is 1.94. The fourth-order valence-corrected chi connectivity index (χ4v) is 4.57. The van der Waals surface area contributed by atoms with Crippen LogP contribution in [0.4, 0.5) is 0 Å². The van der Waals surface area contributed by atoms with Crippen LogP contribution in [0.5, 0.6) is 0 Å². The van der Waals surface area contributed by atoms with Gasteiger partial charge in [0.2, 0.25) is 5.91 Å². The molecule has 0 saturated heterocycles. The standard InChI is InChI=1S/C22H29N5O2/c1-26-20-9-13-27(21(28)14-16-4-2-3-5-16)15-18(20)19(25-26)8-12-24-22(29)17-6-10-23-11-7-17/h6-7,10-11,16H,2-5,8-9,12-15H2,1H3,(H,24,29). The lowest BCUT2D eigenvalue weighted by molar-refractivity contribution is -0.133. The first kappa shape index (κ1) is 19.6. The molecule has 2 amide bonds. The van der Waals surface area contributed by atoms with Gasteiger partial charge in [-0.3, -0.25) is 19.3 Å². The number of nitrogens with one attached hydrogen (secondary N) is 1. The van der Waals surface area contributed by atoms with E-state index < -0.39 is 0 Å². The quantitative estimate of drug-likeness (QED) is 0.814. The molecule has 2 aromatic heterocycles. The summed E-state index contributed by atoms with van der Waals surface area (Å²) in [6, 6.07) is 3.40. The van der Waals surface area contributed by atoms with Crippen LogP contribution >= 0.6 is 0 Å². The maximum Gasteiger partial charge on any atom is 0.251 e. The minimum atomic E-state index is -0.106. The summed E-state index contributed by atoms with van der Waals surface area (Å²) in [5.41, 5.74) is 3.96. The second-order valence-electron chi connectivity index (χ2n) is 8.16. The van der Waals surface area contributed by atoms with E-state index in [1.165, 1.54) is 31.4 Å². The van der Waals surface area contributed by atoms with Crippen LogP contribution in [0.2, 0.25) is 0 Å². The third-order valence-corrected chi connectivity index (χ3v) is 6.21. The van der Waals surface area contributed by atoms with E-state index in [0.29, 0.717) is 37.4 Å². The Hall–Kier alpha value is -2.70. The van der Waals surface area contributed by atoms with Gasteiger partial charge in [-0.05, 0) is 30.9 Å². The molecule has 0 bridgehead atoms. The maximum absolute atomic E-state index is 12.8. The van der Waals surface area contributed by atoms with E-state index in [0.717, 1.165) is 24.2 Å². The molecular formula is C22H29N5O2. The normalized spacial score (nSPS) is 16.7. The highest BCUT2D eigenvalue weighted by atomic mass is 16.2. The number of hydrogen-bond donors (Lipinski definition) is 1. The third kappa shape index (κ3) is 4.49. The molecule has 154 valence electrons. The van der Waals surface area contributed by atoms with Crippen molar-refractivity contribution in [3.63, 3.8) is 0 Å². The van der Waals surface area contributed by atoms with Crippen molar-refractivity contribution in [3.05, 3.63) is 47.0 Å². The zero-order valence-electron chi connectivity index (χ0n) is 17.1. The van der Waals surface area contributed by atoms with Crippen molar-refractivity contribution in [3.8, 4) is 0 Å². The van der Waals surface area contributed by atoms with Crippen molar-refractivity contribution in [1.82, 2.24) is 25.0 Å². The van der Waals surface area contributed by atoms with Gasteiger partial charge in [0.1, 0.15) is 0 Å². The molecule has 4 rings (SSSR count). The smallest absolute Gasteiger partial charge is 0.251 e. The van der Waals surface area contributed by atoms with Gasteiger partial charge in [-0.25, -0.2) is 0 Å². The number of carbonyl (C=O) groups is 2. The summed E-state index contributed by atoms with van der Waals surface area (Å²) in [4.78, 5) is 30.9. The summed E-state index contributed by atoms with van der Waals surface area (Å²) in [6.07, 6.45) is 10.3. The highest BCUT2D eigenvalue weighted by molar-refractivity contribution is 5.93. The van der Waals surface area contributed by atoms with E-state index in [1.54, 1.807) is 24.5 Å². The number of pyridine rings is 1. The molecule has 3 heterocycles. The van der Waals surface area contributed by atoms with Gasteiger partial charge in [-0.1, -0.05) is 12.8 Å². The zero-order chi connectivity index (χ0) is 20.2.